The largest absolute Gasteiger partial charge is 0.493 e. The Bertz CT molecular complexity index is 986. The summed E-state index contributed by atoms with van der Waals surface area (Å²) in [5, 5.41) is 16.3. The van der Waals surface area contributed by atoms with E-state index in [1.54, 1.807) is 39.7 Å². The highest BCUT2D eigenvalue weighted by atomic mass is 32.1. The van der Waals surface area contributed by atoms with E-state index >= 15 is 0 Å². The molecule has 0 aliphatic heterocycles. The number of hydrogen-bond acceptors (Lipinski definition) is 10. The molecular formula is C20H25N5O4S. The molecule has 9 nitrogen and oxygen atoms in total. The van der Waals surface area contributed by atoms with Crippen molar-refractivity contribution in [2.45, 2.75) is 19.9 Å². The fourth-order valence-electron chi connectivity index (χ4n) is 2.78. The van der Waals surface area contributed by atoms with Gasteiger partial charge in [-0.25, -0.2) is 15.0 Å². The van der Waals surface area contributed by atoms with Gasteiger partial charge in [-0.3, -0.25) is 0 Å². The zero-order chi connectivity index (χ0) is 21.7. The minimum atomic E-state index is -0.0777. The maximum Gasteiger partial charge on any atom is 0.227 e. The van der Waals surface area contributed by atoms with Crippen LogP contribution >= 0.6 is 11.3 Å². The fourth-order valence-corrected chi connectivity index (χ4v) is 3.83. The van der Waals surface area contributed by atoms with E-state index in [1.807, 2.05) is 19.9 Å². The summed E-state index contributed by atoms with van der Waals surface area (Å²) in [5.41, 5.74) is 2.30. The van der Waals surface area contributed by atoms with Gasteiger partial charge >= 0.3 is 0 Å². The van der Waals surface area contributed by atoms with Crippen LogP contribution in [0.4, 0.5) is 16.8 Å². The molecule has 0 aliphatic rings. The second-order valence-corrected chi connectivity index (χ2v) is 7.47. The van der Waals surface area contributed by atoms with Gasteiger partial charge in [0.15, 0.2) is 16.6 Å². The highest BCUT2D eigenvalue weighted by Gasteiger charge is 2.16. The number of rotatable bonds is 9. The van der Waals surface area contributed by atoms with Gasteiger partial charge in [-0.1, -0.05) is 11.3 Å². The molecule has 1 unspecified atom stereocenters. The minimum absolute atomic E-state index is 0.0321. The Morgan fingerprint density at radius 2 is 1.80 bits per heavy atom. The van der Waals surface area contributed by atoms with Crippen molar-refractivity contribution in [2.24, 2.45) is 0 Å². The molecule has 1 atom stereocenters. The highest BCUT2D eigenvalue weighted by molar-refractivity contribution is 7.19. The van der Waals surface area contributed by atoms with Gasteiger partial charge in [-0.2, -0.15) is 0 Å². The van der Waals surface area contributed by atoms with E-state index in [0.29, 0.717) is 28.9 Å². The number of nitrogens with one attached hydrogen (secondary N) is 2. The van der Waals surface area contributed by atoms with Gasteiger partial charge in [0.2, 0.25) is 11.7 Å². The second-order valence-electron chi connectivity index (χ2n) is 6.47. The van der Waals surface area contributed by atoms with Crippen molar-refractivity contribution in [3.05, 3.63) is 30.1 Å². The fraction of sp³-hybridized carbons (Fsp3) is 0.350. The number of methoxy groups -OCH3 is 3. The summed E-state index contributed by atoms with van der Waals surface area (Å²) >= 11 is 1.48. The molecule has 0 aliphatic carbocycles. The molecule has 10 heteroatoms. The predicted molar refractivity (Wildman–Crippen MR) is 117 cm³/mol. The molecule has 3 N–H and O–H groups in total. The summed E-state index contributed by atoms with van der Waals surface area (Å²) in [6.07, 6.45) is 1.69. The van der Waals surface area contributed by atoms with Crippen molar-refractivity contribution in [3.63, 3.8) is 0 Å². The number of benzene rings is 1. The van der Waals surface area contributed by atoms with Crippen molar-refractivity contribution in [1.82, 2.24) is 15.0 Å². The van der Waals surface area contributed by atoms with E-state index in [0.717, 1.165) is 21.4 Å². The number of aliphatic hydroxyl groups is 1. The first-order valence-corrected chi connectivity index (χ1v) is 10.1. The molecule has 0 spiro atoms. The van der Waals surface area contributed by atoms with Crippen molar-refractivity contribution in [3.8, 4) is 27.8 Å². The Labute approximate surface area is 179 Å². The van der Waals surface area contributed by atoms with E-state index in [2.05, 4.69) is 25.6 Å². The molecule has 2 aromatic heterocycles. The molecule has 3 rings (SSSR count). The number of nitrogens with zero attached hydrogens (tertiary/aromatic N) is 3. The minimum Gasteiger partial charge on any atom is -0.493 e. The lowest BCUT2D eigenvalue weighted by atomic mass is 10.2. The van der Waals surface area contributed by atoms with Crippen LogP contribution in [0, 0.1) is 6.92 Å². The number of anilines is 3. The molecule has 30 heavy (non-hydrogen) atoms. The quantitative estimate of drug-likeness (QED) is 0.469. The Balaban J connectivity index is 1.88. The molecule has 0 saturated heterocycles. The van der Waals surface area contributed by atoms with E-state index in [1.165, 1.54) is 11.3 Å². The van der Waals surface area contributed by atoms with Crippen LogP contribution in [0.1, 0.15) is 12.6 Å². The number of thiazole rings is 1. The van der Waals surface area contributed by atoms with Crippen LogP contribution in [0.25, 0.3) is 10.6 Å². The van der Waals surface area contributed by atoms with Crippen LogP contribution in [0.5, 0.6) is 17.2 Å². The summed E-state index contributed by atoms with van der Waals surface area (Å²) < 4.78 is 16.1. The summed E-state index contributed by atoms with van der Waals surface area (Å²) in [6.45, 7) is 3.85. The Morgan fingerprint density at radius 3 is 2.40 bits per heavy atom. The summed E-state index contributed by atoms with van der Waals surface area (Å²) in [4.78, 5) is 14.4. The normalized spacial score (nSPS) is 11.7. The zero-order valence-electron chi connectivity index (χ0n) is 17.5. The first-order valence-electron chi connectivity index (χ1n) is 9.24. The summed E-state index contributed by atoms with van der Waals surface area (Å²) in [7, 11) is 4.68. The van der Waals surface area contributed by atoms with Crippen molar-refractivity contribution < 1.29 is 19.3 Å². The predicted octanol–water partition coefficient (Wildman–Crippen LogP) is 3.47. The molecule has 3 aromatic rings. The third kappa shape index (κ3) is 4.71. The topological polar surface area (TPSA) is 111 Å². The molecule has 0 bridgehead atoms. The Hall–Kier alpha value is -3.11. The lowest BCUT2D eigenvalue weighted by Crippen LogP contribution is -2.18. The van der Waals surface area contributed by atoms with Crippen molar-refractivity contribution >= 4 is 28.1 Å². The summed E-state index contributed by atoms with van der Waals surface area (Å²) in [5.74, 6) is 2.00. The number of hydrogen-bond donors (Lipinski definition) is 3. The van der Waals surface area contributed by atoms with Crippen molar-refractivity contribution in [1.29, 1.82) is 0 Å². The average molecular weight is 432 g/mol. The molecule has 0 saturated carbocycles. The van der Waals surface area contributed by atoms with E-state index in [9.17, 15) is 5.11 Å². The standard InChI is InChI=1S/C20H25N5O4S/c1-11(10-26)22-20-23-12(2)18(30-20)14-6-7-21-19(25-14)24-13-8-15(27-3)17(29-5)16(9-13)28-4/h6-9,11,26H,10H2,1-5H3,(H,22,23)(H,21,24,25). The number of aliphatic hydroxyl groups excluding tert-OH is 1. The molecule has 2 heterocycles. The maximum atomic E-state index is 9.23. The molecular weight excluding hydrogens is 406 g/mol. The third-order valence-electron chi connectivity index (χ3n) is 4.25. The molecule has 0 radical (unpaired) electrons. The van der Waals surface area contributed by atoms with Gasteiger partial charge in [0, 0.05) is 30.1 Å². The smallest absolute Gasteiger partial charge is 0.227 e. The number of aromatic nitrogens is 3. The number of aryl methyl sites for hydroxylation is 1. The first-order chi connectivity index (χ1) is 14.5. The average Bonchev–Trinajstić information content (AvgIpc) is 3.12. The molecule has 1 aromatic carbocycles. The zero-order valence-corrected chi connectivity index (χ0v) is 18.3. The molecule has 0 fully saturated rings. The van der Waals surface area contributed by atoms with Gasteiger partial charge < -0.3 is 30.0 Å². The van der Waals surface area contributed by atoms with Crippen LogP contribution in [-0.2, 0) is 0 Å². The van der Waals surface area contributed by atoms with Gasteiger partial charge in [0.05, 0.1) is 44.2 Å². The van der Waals surface area contributed by atoms with Gasteiger partial charge in [0.25, 0.3) is 0 Å². The first kappa shape index (κ1) is 21.6. The third-order valence-corrected chi connectivity index (χ3v) is 5.36. The van der Waals surface area contributed by atoms with Gasteiger partial charge in [0.1, 0.15) is 0 Å². The van der Waals surface area contributed by atoms with Crippen LogP contribution < -0.4 is 24.8 Å². The maximum absolute atomic E-state index is 9.23. The van der Waals surface area contributed by atoms with E-state index < -0.39 is 0 Å². The molecule has 160 valence electrons. The monoisotopic (exact) mass is 431 g/mol. The van der Waals surface area contributed by atoms with Gasteiger partial charge in [-0.15, -0.1) is 0 Å². The van der Waals surface area contributed by atoms with Crippen LogP contribution in [0.15, 0.2) is 24.4 Å². The SMILES string of the molecule is COc1cc(Nc2nccc(-c3sc(NC(C)CO)nc3C)n2)cc(OC)c1OC. The van der Waals surface area contributed by atoms with E-state index in [-0.39, 0.29) is 12.6 Å². The van der Waals surface area contributed by atoms with Crippen LogP contribution in [-0.4, -0.2) is 54.0 Å². The lowest BCUT2D eigenvalue weighted by Gasteiger charge is -2.14. The van der Waals surface area contributed by atoms with E-state index in [4.69, 9.17) is 14.2 Å². The van der Waals surface area contributed by atoms with Crippen LogP contribution in [0.2, 0.25) is 0 Å². The lowest BCUT2D eigenvalue weighted by molar-refractivity contribution is 0.281. The molecule has 0 amide bonds. The Morgan fingerprint density at radius 1 is 1.10 bits per heavy atom. The van der Waals surface area contributed by atoms with Crippen LogP contribution in [0.3, 0.4) is 0 Å². The Kier molecular flexibility index (Phi) is 6.91. The summed E-state index contributed by atoms with van der Waals surface area (Å²) in [6, 6.07) is 5.33. The second kappa shape index (κ2) is 9.59. The van der Waals surface area contributed by atoms with Crippen molar-refractivity contribution in [2.75, 3.05) is 38.6 Å². The number of ether oxygens (including phenoxy) is 3. The highest BCUT2D eigenvalue weighted by Crippen LogP contribution is 2.40. The van der Waals surface area contributed by atoms with Gasteiger partial charge in [-0.05, 0) is 19.9 Å².